The van der Waals surface area contributed by atoms with E-state index < -0.39 is 0 Å². The molecule has 6 unspecified atom stereocenters. The summed E-state index contributed by atoms with van der Waals surface area (Å²) < 4.78 is 0. The zero-order valence-electron chi connectivity index (χ0n) is 18.5. The third-order valence-electron chi connectivity index (χ3n) is 9.91. The molecule has 26 heavy (non-hydrogen) atoms. The van der Waals surface area contributed by atoms with Crippen LogP contribution in [0.1, 0.15) is 106 Å². The van der Waals surface area contributed by atoms with Crippen molar-refractivity contribution in [3.63, 3.8) is 0 Å². The smallest absolute Gasteiger partial charge is 0.00814 e. The predicted molar refractivity (Wildman–Crippen MR) is 113 cm³/mol. The lowest BCUT2D eigenvalue weighted by Gasteiger charge is -2.64. The Morgan fingerprint density at radius 1 is 1.00 bits per heavy atom. The second-order valence-corrected chi connectivity index (χ2v) is 12.0. The molecule has 0 heteroatoms. The lowest BCUT2D eigenvalue weighted by atomic mass is 9.40. The van der Waals surface area contributed by atoms with Gasteiger partial charge >= 0.3 is 0 Å². The van der Waals surface area contributed by atoms with Gasteiger partial charge in [-0.05, 0) is 90.8 Å². The van der Waals surface area contributed by atoms with Crippen LogP contribution in [0, 0.1) is 45.8 Å². The first-order valence-corrected chi connectivity index (χ1v) is 12.0. The van der Waals surface area contributed by atoms with Crippen molar-refractivity contribution in [3.8, 4) is 0 Å². The van der Waals surface area contributed by atoms with Crippen LogP contribution in [0.15, 0.2) is 11.6 Å². The summed E-state index contributed by atoms with van der Waals surface area (Å²) in [6.07, 6.45) is 17.7. The first-order chi connectivity index (χ1) is 12.2. The van der Waals surface area contributed by atoms with Gasteiger partial charge in [0, 0.05) is 0 Å². The van der Waals surface area contributed by atoms with E-state index in [-0.39, 0.29) is 0 Å². The Bertz CT molecular complexity index is 567. The van der Waals surface area contributed by atoms with E-state index >= 15 is 0 Å². The molecule has 5 rings (SSSR count). The fraction of sp³-hybridized carbons (Fsp3) is 0.923. The maximum atomic E-state index is 2.91. The Morgan fingerprint density at radius 2 is 1.73 bits per heavy atom. The van der Waals surface area contributed by atoms with E-state index in [0.29, 0.717) is 16.2 Å². The van der Waals surface area contributed by atoms with Crippen molar-refractivity contribution in [1.29, 1.82) is 0 Å². The maximum absolute atomic E-state index is 2.91. The highest BCUT2D eigenvalue weighted by Crippen LogP contribution is 2.70. The largest absolute Gasteiger partial charge is 0.0783 e. The van der Waals surface area contributed by atoms with Gasteiger partial charge < -0.3 is 0 Å². The molecule has 6 atom stereocenters. The molecule has 0 saturated heterocycles. The quantitative estimate of drug-likeness (QED) is 0.449. The van der Waals surface area contributed by atoms with Gasteiger partial charge in [-0.2, -0.15) is 0 Å². The minimum Gasteiger partial charge on any atom is -0.0783 e. The minimum atomic E-state index is 0.553. The lowest BCUT2D eigenvalue weighted by Crippen LogP contribution is -2.56. The van der Waals surface area contributed by atoms with Crippen LogP contribution in [-0.4, -0.2) is 0 Å². The summed E-state index contributed by atoms with van der Waals surface area (Å²) in [4.78, 5) is 0. The van der Waals surface area contributed by atoms with E-state index in [1.807, 2.05) is 5.57 Å². The molecule has 0 heterocycles. The summed E-state index contributed by atoms with van der Waals surface area (Å²) in [6.45, 7) is 15.3. The van der Waals surface area contributed by atoms with Gasteiger partial charge in [-0.3, -0.25) is 0 Å². The standard InChI is InChI=1S/C26H44/c1-7-9-19-10-14-26-15-11-22-24(4,5)12-8-13-25(22,6)23(26)16-20(19)21(17-26)18(2)3/h17-20,22-23H,7-16H2,1-6H3. The third-order valence-corrected chi connectivity index (χ3v) is 9.91. The van der Waals surface area contributed by atoms with Crippen LogP contribution in [0.5, 0.6) is 0 Å². The molecule has 0 radical (unpaired) electrons. The van der Waals surface area contributed by atoms with E-state index in [0.717, 1.165) is 29.6 Å². The van der Waals surface area contributed by atoms with E-state index in [1.54, 1.807) is 0 Å². The minimum absolute atomic E-state index is 0.553. The van der Waals surface area contributed by atoms with Crippen LogP contribution in [0.2, 0.25) is 0 Å². The molecule has 0 aliphatic heterocycles. The van der Waals surface area contributed by atoms with Crippen LogP contribution < -0.4 is 0 Å². The van der Waals surface area contributed by atoms with Crippen LogP contribution in [-0.2, 0) is 0 Å². The molecular formula is C26H44. The van der Waals surface area contributed by atoms with E-state index in [9.17, 15) is 0 Å². The zero-order valence-corrected chi connectivity index (χ0v) is 18.5. The molecular weight excluding hydrogens is 312 g/mol. The highest BCUT2D eigenvalue weighted by Gasteiger charge is 2.61. The van der Waals surface area contributed by atoms with Gasteiger partial charge in [0.2, 0.25) is 0 Å². The van der Waals surface area contributed by atoms with Crippen LogP contribution in [0.25, 0.3) is 0 Å². The van der Waals surface area contributed by atoms with Crippen molar-refractivity contribution >= 4 is 0 Å². The van der Waals surface area contributed by atoms with Gasteiger partial charge in [-0.1, -0.05) is 72.5 Å². The molecule has 3 saturated carbocycles. The molecule has 148 valence electrons. The van der Waals surface area contributed by atoms with Gasteiger partial charge in [0.25, 0.3) is 0 Å². The lowest BCUT2D eigenvalue weighted by molar-refractivity contribution is -0.127. The van der Waals surface area contributed by atoms with Gasteiger partial charge in [-0.25, -0.2) is 0 Å². The number of rotatable bonds is 3. The Labute approximate surface area is 163 Å². The molecule has 1 spiro atoms. The molecule has 0 amide bonds. The van der Waals surface area contributed by atoms with Crippen LogP contribution in [0.3, 0.4) is 0 Å². The molecule has 0 nitrogen and oxygen atoms in total. The van der Waals surface area contributed by atoms with E-state index in [1.165, 1.54) is 64.2 Å². The summed E-state index contributed by atoms with van der Waals surface area (Å²) in [7, 11) is 0. The average molecular weight is 357 g/mol. The summed E-state index contributed by atoms with van der Waals surface area (Å²) >= 11 is 0. The van der Waals surface area contributed by atoms with E-state index in [2.05, 4.69) is 47.6 Å². The fourth-order valence-electron chi connectivity index (χ4n) is 8.86. The third kappa shape index (κ3) is 2.68. The van der Waals surface area contributed by atoms with Crippen molar-refractivity contribution in [2.24, 2.45) is 45.8 Å². The molecule has 3 fully saturated rings. The maximum Gasteiger partial charge on any atom is -0.00814 e. The van der Waals surface area contributed by atoms with Crippen LogP contribution >= 0.6 is 0 Å². The van der Waals surface area contributed by atoms with Crippen molar-refractivity contribution < 1.29 is 0 Å². The first kappa shape index (κ1) is 19.1. The molecule has 0 aromatic heterocycles. The second-order valence-electron chi connectivity index (χ2n) is 12.0. The van der Waals surface area contributed by atoms with Gasteiger partial charge in [0.05, 0.1) is 0 Å². The Morgan fingerprint density at radius 3 is 2.42 bits per heavy atom. The van der Waals surface area contributed by atoms with E-state index in [4.69, 9.17) is 0 Å². The number of allylic oxidation sites excluding steroid dienone is 2. The molecule has 5 aliphatic carbocycles. The van der Waals surface area contributed by atoms with Crippen molar-refractivity contribution in [2.45, 2.75) is 106 Å². The fourth-order valence-corrected chi connectivity index (χ4v) is 8.86. The molecule has 0 aromatic carbocycles. The second kappa shape index (κ2) is 6.38. The normalized spacial score (nSPS) is 47.1. The molecule has 0 N–H and O–H groups in total. The predicted octanol–water partition coefficient (Wildman–Crippen LogP) is 8.03. The van der Waals surface area contributed by atoms with Gasteiger partial charge in [0.15, 0.2) is 0 Å². The number of fused-ring (bicyclic) bond motifs is 3. The summed E-state index contributed by atoms with van der Waals surface area (Å²) in [5.41, 5.74) is 3.58. The zero-order chi connectivity index (χ0) is 18.7. The monoisotopic (exact) mass is 356 g/mol. The summed E-state index contributed by atoms with van der Waals surface area (Å²) in [6, 6.07) is 0. The highest BCUT2D eigenvalue weighted by atomic mass is 14.7. The van der Waals surface area contributed by atoms with Crippen molar-refractivity contribution in [1.82, 2.24) is 0 Å². The average Bonchev–Trinajstić information content (AvgIpc) is 2.81. The summed E-state index contributed by atoms with van der Waals surface area (Å²) in [5, 5.41) is 0. The number of hydrogen-bond donors (Lipinski definition) is 0. The molecule has 5 aliphatic rings. The Balaban J connectivity index is 1.77. The number of hydrogen-bond acceptors (Lipinski definition) is 0. The molecule has 2 bridgehead atoms. The van der Waals surface area contributed by atoms with Gasteiger partial charge in [0.1, 0.15) is 0 Å². The van der Waals surface area contributed by atoms with Gasteiger partial charge in [-0.15, -0.1) is 0 Å². The SMILES string of the molecule is CCCC1CCC23C=C(C(C)C)C1CC2C1(C)CCCC(C)(C)C1CC3. The first-order valence-electron chi connectivity index (χ1n) is 12.0. The van der Waals surface area contributed by atoms with Crippen molar-refractivity contribution in [2.75, 3.05) is 0 Å². The van der Waals surface area contributed by atoms with Crippen molar-refractivity contribution in [3.05, 3.63) is 11.6 Å². The highest BCUT2D eigenvalue weighted by molar-refractivity contribution is 5.27. The Kier molecular flexibility index (Phi) is 4.68. The summed E-state index contributed by atoms with van der Waals surface area (Å²) in [5.74, 6) is 4.54. The Hall–Kier alpha value is -0.260. The topological polar surface area (TPSA) is 0 Å². The van der Waals surface area contributed by atoms with Crippen LogP contribution in [0.4, 0.5) is 0 Å². The molecule has 0 aromatic rings.